The number of carbonyl (C=O) groups is 2. The fraction of sp³-hybridized carbons (Fsp3) is 0.200. The van der Waals surface area contributed by atoms with Gasteiger partial charge in [-0.2, -0.15) is 5.06 Å². The Balaban J connectivity index is 1.39. The van der Waals surface area contributed by atoms with E-state index in [4.69, 9.17) is 16.4 Å². The van der Waals surface area contributed by atoms with E-state index in [0.29, 0.717) is 5.02 Å². The molecule has 5 heteroatoms. The lowest BCUT2D eigenvalue weighted by atomic mass is 9.55. The summed E-state index contributed by atoms with van der Waals surface area (Å²) in [5, 5.41) is 1.65. The van der Waals surface area contributed by atoms with Crippen LogP contribution in [0.3, 0.4) is 0 Å². The van der Waals surface area contributed by atoms with E-state index in [1.54, 1.807) is 12.1 Å². The summed E-state index contributed by atoms with van der Waals surface area (Å²) in [4.78, 5) is 32.5. The zero-order valence-corrected chi connectivity index (χ0v) is 16.8. The van der Waals surface area contributed by atoms with Crippen molar-refractivity contribution in [3.05, 3.63) is 106 Å². The van der Waals surface area contributed by atoms with Gasteiger partial charge in [-0.05, 0) is 39.9 Å². The minimum absolute atomic E-state index is 0.118. The van der Waals surface area contributed by atoms with E-state index < -0.39 is 11.8 Å². The lowest BCUT2D eigenvalue weighted by molar-refractivity contribution is -0.193. The molecule has 0 aromatic heterocycles. The Hall–Kier alpha value is -2.95. The van der Waals surface area contributed by atoms with Crippen molar-refractivity contribution in [2.75, 3.05) is 0 Å². The van der Waals surface area contributed by atoms with Gasteiger partial charge in [-0.25, -0.2) is 0 Å². The first-order valence-electron chi connectivity index (χ1n) is 10.1. The summed E-state index contributed by atoms with van der Waals surface area (Å²) in [6.45, 7) is 0.142. The molecule has 148 valence electrons. The summed E-state index contributed by atoms with van der Waals surface area (Å²) < 4.78 is 0. The van der Waals surface area contributed by atoms with Gasteiger partial charge < -0.3 is 0 Å². The highest BCUT2D eigenvalue weighted by Gasteiger charge is 2.62. The summed E-state index contributed by atoms with van der Waals surface area (Å²) >= 11 is 5.94. The molecule has 4 aliphatic rings. The van der Waals surface area contributed by atoms with Crippen LogP contribution in [0.25, 0.3) is 0 Å². The number of nitrogens with zero attached hydrogens (tertiary/aromatic N) is 1. The highest BCUT2D eigenvalue weighted by molar-refractivity contribution is 6.30. The van der Waals surface area contributed by atoms with Crippen LogP contribution in [0.1, 0.15) is 39.7 Å². The van der Waals surface area contributed by atoms with E-state index in [1.165, 1.54) is 0 Å². The quantitative estimate of drug-likeness (QED) is 0.584. The van der Waals surface area contributed by atoms with Crippen molar-refractivity contribution < 1.29 is 14.4 Å². The number of rotatable bonds is 3. The maximum Gasteiger partial charge on any atom is 0.258 e. The van der Waals surface area contributed by atoms with E-state index in [-0.39, 0.29) is 30.3 Å². The molecule has 4 nitrogen and oxygen atoms in total. The van der Waals surface area contributed by atoms with Crippen molar-refractivity contribution in [1.82, 2.24) is 5.06 Å². The van der Waals surface area contributed by atoms with Crippen molar-refractivity contribution in [2.45, 2.75) is 18.4 Å². The van der Waals surface area contributed by atoms with Crippen LogP contribution in [0.5, 0.6) is 0 Å². The number of benzene rings is 3. The van der Waals surface area contributed by atoms with Crippen molar-refractivity contribution in [1.29, 1.82) is 0 Å². The molecule has 3 aliphatic carbocycles. The van der Waals surface area contributed by atoms with Gasteiger partial charge in [-0.3, -0.25) is 14.4 Å². The molecular weight excluding hydrogens is 398 g/mol. The zero-order valence-electron chi connectivity index (χ0n) is 16.0. The van der Waals surface area contributed by atoms with E-state index in [2.05, 4.69) is 24.3 Å². The molecule has 1 fully saturated rings. The Morgan fingerprint density at radius 1 is 0.700 bits per heavy atom. The zero-order chi connectivity index (χ0) is 20.4. The van der Waals surface area contributed by atoms with Crippen molar-refractivity contribution in [3.63, 3.8) is 0 Å². The number of hydrogen-bond acceptors (Lipinski definition) is 3. The summed E-state index contributed by atoms with van der Waals surface area (Å²) in [5.74, 6) is -1.55. The first kappa shape index (κ1) is 17.9. The Morgan fingerprint density at radius 3 is 1.57 bits per heavy atom. The summed E-state index contributed by atoms with van der Waals surface area (Å²) in [7, 11) is 0. The molecule has 0 spiro atoms. The molecule has 0 saturated carbocycles. The van der Waals surface area contributed by atoms with Crippen molar-refractivity contribution >= 4 is 23.4 Å². The minimum Gasteiger partial charge on any atom is -0.272 e. The summed E-state index contributed by atoms with van der Waals surface area (Å²) in [6, 6.07) is 23.6. The largest absolute Gasteiger partial charge is 0.272 e. The van der Waals surface area contributed by atoms with Gasteiger partial charge in [-0.1, -0.05) is 72.3 Å². The van der Waals surface area contributed by atoms with Gasteiger partial charge >= 0.3 is 0 Å². The Kier molecular flexibility index (Phi) is 3.89. The molecule has 0 radical (unpaired) electrons. The normalized spacial score (nSPS) is 25.8. The van der Waals surface area contributed by atoms with E-state index in [0.717, 1.165) is 32.9 Å². The Morgan fingerprint density at radius 2 is 1.13 bits per heavy atom. The van der Waals surface area contributed by atoms with Crippen LogP contribution in [0, 0.1) is 11.8 Å². The third kappa shape index (κ3) is 2.38. The summed E-state index contributed by atoms with van der Waals surface area (Å²) in [5.41, 5.74) is 5.47. The fourth-order valence-corrected chi connectivity index (χ4v) is 5.62. The van der Waals surface area contributed by atoms with Gasteiger partial charge in [0.05, 0.1) is 11.8 Å². The molecule has 1 saturated heterocycles. The van der Waals surface area contributed by atoms with E-state index in [1.807, 2.05) is 36.4 Å². The Labute approximate surface area is 179 Å². The van der Waals surface area contributed by atoms with Gasteiger partial charge in [0.25, 0.3) is 11.8 Å². The molecular formula is C25H18ClNO3. The lowest BCUT2D eigenvalue weighted by Gasteiger charge is -2.45. The number of amides is 2. The summed E-state index contributed by atoms with van der Waals surface area (Å²) in [6.07, 6.45) is 0. The molecule has 1 heterocycles. The average molecular weight is 416 g/mol. The molecule has 3 aromatic carbocycles. The van der Waals surface area contributed by atoms with Gasteiger partial charge in [0, 0.05) is 16.9 Å². The molecule has 7 rings (SSSR count). The van der Waals surface area contributed by atoms with Crippen LogP contribution in [0.2, 0.25) is 5.02 Å². The second-order valence-electron chi connectivity index (χ2n) is 8.14. The fourth-order valence-electron chi connectivity index (χ4n) is 5.50. The topological polar surface area (TPSA) is 46.6 Å². The molecule has 2 amide bonds. The van der Waals surface area contributed by atoms with Crippen molar-refractivity contribution in [3.8, 4) is 0 Å². The third-order valence-electron chi connectivity index (χ3n) is 6.68. The number of imide groups is 1. The minimum atomic E-state index is -0.419. The smallest absolute Gasteiger partial charge is 0.258 e. The van der Waals surface area contributed by atoms with Crippen LogP contribution in [-0.2, 0) is 21.0 Å². The number of hydroxylamine groups is 2. The second-order valence-corrected chi connectivity index (χ2v) is 8.57. The first-order chi connectivity index (χ1) is 14.6. The molecule has 1 aliphatic heterocycles. The molecule has 3 aromatic rings. The van der Waals surface area contributed by atoms with E-state index >= 15 is 0 Å². The van der Waals surface area contributed by atoms with Crippen LogP contribution in [0.15, 0.2) is 72.8 Å². The molecule has 2 bridgehead atoms. The highest BCUT2D eigenvalue weighted by Crippen LogP contribution is 2.60. The monoisotopic (exact) mass is 415 g/mol. The van der Waals surface area contributed by atoms with Crippen LogP contribution in [-0.4, -0.2) is 16.9 Å². The van der Waals surface area contributed by atoms with Crippen molar-refractivity contribution in [2.24, 2.45) is 11.8 Å². The molecule has 0 unspecified atom stereocenters. The predicted octanol–water partition coefficient (Wildman–Crippen LogP) is 4.66. The van der Waals surface area contributed by atoms with Gasteiger partial charge in [-0.15, -0.1) is 0 Å². The molecule has 0 N–H and O–H groups in total. The maximum absolute atomic E-state index is 13.4. The maximum atomic E-state index is 13.4. The van der Waals surface area contributed by atoms with Gasteiger partial charge in [0.15, 0.2) is 0 Å². The Bertz CT molecular complexity index is 1070. The number of halogens is 1. The van der Waals surface area contributed by atoms with Gasteiger partial charge in [0.2, 0.25) is 0 Å². The molecule has 30 heavy (non-hydrogen) atoms. The van der Waals surface area contributed by atoms with Crippen LogP contribution >= 0.6 is 11.6 Å². The van der Waals surface area contributed by atoms with Gasteiger partial charge in [0.1, 0.15) is 6.61 Å². The predicted molar refractivity (Wildman–Crippen MR) is 112 cm³/mol. The lowest BCUT2D eigenvalue weighted by Crippen LogP contribution is -2.41. The van der Waals surface area contributed by atoms with E-state index in [9.17, 15) is 9.59 Å². The van der Waals surface area contributed by atoms with Crippen LogP contribution < -0.4 is 0 Å². The number of hydrogen-bond donors (Lipinski definition) is 0. The standard InChI is InChI=1S/C25H18ClNO3/c26-15-11-9-14(10-12-15)13-30-27-24(28)22-20-16-5-1-2-6-17(16)21(23(22)25(27)29)19-8-4-3-7-18(19)20/h1-12,20-23H,13H2/t20?,21?,22-,23+. The molecule has 2 atom stereocenters. The average Bonchev–Trinajstić information content (AvgIpc) is 3.04. The first-order valence-corrected chi connectivity index (χ1v) is 10.5. The van der Waals surface area contributed by atoms with Crippen LogP contribution in [0.4, 0.5) is 0 Å². The highest BCUT2D eigenvalue weighted by atomic mass is 35.5. The SMILES string of the molecule is O=C1[C@@H]2C3c4ccccc4C(c4ccccc43)[C@@H]2C(=O)N1OCc1ccc(Cl)cc1. The third-order valence-corrected chi connectivity index (χ3v) is 6.93. The number of carbonyl (C=O) groups excluding carboxylic acids is 2. The second kappa shape index (κ2) is 6.53.